The van der Waals surface area contributed by atoms with Gasteiger partial charge in [0.2, 0.25) is 5.95 Å². The van der Waals surface area contributed by atoms with Crippen LogP contribution < -0.4 is 16.6 Å². The number of aryl methyl sites for hydroxylation is 1. The predicted octanol–water partition coefficient (Wildman–Crippen LogP) is 4.92. The summed E-state index contributed by atoms with van der Waals surface area (Å²) in [6.07, 6.45) is 4.80. The van der Waals surface area contributed by atoms with Crippen molar-refractivity contribution in [3.05, 3.63) is 106 Å². The first-order valence-corrected chi connectivity index (χ1v) is 11.5. The standard InChI is InChI=1S/C28H22FN7O/c1-16-9-19(14-32-13-16)23-8-3-5-18-10-24(17(2)34-26-20(12-30)15-33-28(31)35-26)36(27(37)25(18)23)22-7-4-6-21(29)11-22/h3-11,13-15,17H,1-2H3,(H3,31,33,34,35). The molecule has 1 atom stereocenters. The quantitative estimate of drug-likeness (QED) is 0.358. The number of benzene rings is 2. The van der Waals surface area contributed by atoms with Crippen molar-refractivity contribution in [2.24, 2.45) is 0 Å². The molecular weight excluding hydrogens is 469 g/mol. The smallest absolute Gasteiger partial charge is 0.263 e. The van der Waals surface area contributed by atoms with Crippen molar-refractivity contribution in [1.29, 1.82) is 5.26 Å². The Bertz CT molecular complexity index is 1760. The van der Waals surface area contributed by atoms with Crippen molar-refractivity contribution in [2.45, 2.75) is 19.9 Å². The molecule has 0 aliphatic rings. The van der Waals surface area contributed by atoms with Crippen LogP contribution in [-0.4, -0.2) is 19.5 Å². The molecule has 3 aromatic heterocycles. The highest BCUT2D eigenvalue weighted by Crippen LogP contribution is 2.30. The van der Waals surface area contributed by atoms with Crippen LogP contribution in [0.25, 0.3) is 27.6 Å². The van der Waals surface area contributed by atoms with E-state index >= 15 is 0 Å². The highest BCUT2D eigenvalue weighted by Gasteiger charge is 2.20. The molecule has 0 aliphatic heterocycles. The minimum absolute atomic E-state index is 0.00568. The third-order valence-corrected chi connectivity index (χ3v) is 6.05. The molecule has 2 aromatic carbocycles. The minimum Gasteiger partial charge on any atom is -0.368 e. The molecule has 0 spiro atoms. The Morgan fingerprint density at radius 1 is 1.11 bits per heavy atom. The molecule has 5 aromatic rings. The van der Waals surface area contributed by atoms with Gasteiger partial charge in [-0.25, -0.2) is 9.37 Å². The first-order chi connectivity index (χ1) is 17.9. The van der Waals surface area contributed by atoms with E-state index in [9.17, 15) is 14.4 Å². The molecule has 9 heteroatoms. The number of hydrogen-bond donors (Lipinski definition) is 2. The summed E-state index contributed by atoms with van der Waals surface area (Å²) < 4.78 is 15.8. The molecule has 0 saturated heterocycles. The van der Waals surface area contributed by atoms with Crippen LogP contribution in [0.5, 0.6) is 0 Å². The van der Waals surface area contributed by atoms with E-state index in [0.717, 1.165) is 16.7 Å². The highest BCUT2D eigenvalue weighted by atomic mass is 19.1. The van der Waals surface area contributed by atoms with Crippen LogP contribution in [0.3, 0.4) is 0 Å². The van der Waals surface area contributed by atoms with E-state index in [-0.39, 0.29) is 22.9 Å². The highest BCUT2D eigenvalue weighted by molar-refractivity contribution is 5.96. The van der Waals surface area contributed by atoms with Gasteiger partial charge in [0.15, 0.2) is 0 Å². The fourth-order valence-electron chi connectivity index (χ4n) is 4.39. The number of nitrogens with one attached hydrogen (secondary N) is 1. The lowest BCUT2D eigenvalue weighted by atomic mass is 9.98. The van der Waals surface area contributed by atoms with E-state index < -0.39 is 11.9 Å². The summed E-state index contributed by atoms with van der Waals surface area (Å²) in [6.45, 7) is 3.76. The van der Waals surface area contributed by atoms with Crippen LogP contribution in [0, 0.1) is 24.1 Å². The molecule has 1 unspecified atom stereocenters. The number of nitrogen functional groups attached to an aromatic ring is 1. The van der Waals surface area contributed by atoms with E-state index in [2.05, 4.69) is 20.3 Å². The molecule has 0 aliphatic carbocycles. The van der Waals surface area contributed by atoms with E-state index in [1.54, 1.807) is 24.5 Å². The van der Waals surface area contributed by atoms with E-state index in [1.165, 1.54) is 22.9 Å². The Kier molecular flexibility index (Phi) is 6.07. The SMILES string of the molecule is Cc1cncc(-c2cccc3cc(C(C)Nc4nc(N)ncc4C#N)n(-c4cccc(F)c4)c(=O)c23)c1. The van der Waals surface area contributed by atoms with E-state index in [4.69, 9.17) is 5.73 Å². The summed E-state index contributed by atoms with van der Waals surface area (Å²) >= 11 is 0. The van der Waals surface area contributed by atoms with Gasteiger partial charge in [-0.05, 0) is 60.7 Å². The number of rotatable bonds is 5. The second-order valence-corrected chi connectivity index (χ2v) is 8.68. The predicted molar refractivity (Wildman–Crippen MR) is 141 cm³/mol. The molecule has 0 fully saturated rings. The zero-order valence-electron chi connectivity index (χ0n) is 20.1. The van der Waals surface area contributed by atoms with Gasteiger partial charge in [-0.1, -0.05) is 24.3 Å². The third kappa shape index (κ3) is 4.48. The summed E-state index contributed by atoms with van der Waals surface area (Å²) in [5.41, 5.74) is 9.05. The first kappa shape index (κ1) is 23.6. The van der Waals surface area contributed by atoms with Gasteiger partial charge < -0.3 is 11.1 Å². The fraction of sp³-hybridized carbons (Fsp3) is 0.107. The van der Waals surface area contributed by atoms with Gasteiger partial charge in [-0.3, -0.25) is 14.3 Å². The van der Waals surface area contributed by atoms with Crippen LogP contribution in [0.4, 0.5) is 16.2 Å². The molecule has 37 heavy (non-hydrogen) atoms. The maximum atomic E-state index is 14.3. The maximum absolute atomic E-state index is 14.3. The number of nitriles is 1. The zero-order valence-corrected chi connectivity index (χ0v) is 20.1. The number of pyridine rings is 2. The summed E-state index contributed by atoms with van der Waals surface area (Å²) in [7, 11) is 0. The van der Waals surface area contributed by atoms with Gasteiger partial charge in [0.1, 0.15) is 23.3 Å². The number of anilines is 2. The molecule has 8 nitrogen and oxygen atoms in total. The molecule has 5 rings (SSSR count). The van der Waals surface area contributed by atoms with E-state index in [1.807, 2.05) is 50.2 Å². The Balaban J connectivity index is 1.77. The number of fused-ring (bicyclic) bond motifs is 1. The lowest BCUT2D eigenvalue weighted by Gasteiger charge is -2.22. The maximum Gasteiger partial charge on any atom is 0.263 e. The van der Waals surface area contributed by atoms with Gasteiger partial charge in [0, 0.05) is 23.7 Å². The molecular formula is C28H22FN7O. The van der Waals surface area contributed by atoms with Crippen LogP contribution in [0.1, 0.15) is 29.8 Å². The van der Waals surface area contributed by atoms with Gasteiger partial charge in [-0.2, -0.15) is 10.2 Å². The molecule has 0 saturated carbocycles. The Morgan fingerprint density at radius 3 is 2.68 bits per heavy atom. The normalized spacial score (nSPS) is 11.7. The van der Waals surface area contributed by atoms with Crippen LogP contribution in [0.2, 0.25) is 0 Å². The van der Waals surface area contributed by atoms with Gasteiger partial charge >= 0.3 is 0 Å². The first-order valence-electron chi connectivity index (χ1n) is 11.5. The molecule has 0 radical (unpaired) electrons. The van der Waals surface area contributed by atoms with Gasteiger partial charge in [0.25, 0.3) is 5.56 Å². The fourth-order valence-corrected chi connectivity index (χ4v) is 4.39. The van der Waals surface area contributed by atoms with Crippen molar-refractivity contribution >= 4 is 22.5 Å². The van der Waals surface area contributed by atoms with Crippen molar-refractivity contribution in [1.82, 2.24) is 19.5 Å². The molecule has 0 bridgehead atoms. The number of aromatic nitrogens is 4. The monoisotopic (exact) mass is 491 g/mol. The van der Waals surface area contributed by atoms with Crippen molar-refractivity contribution in [3.63, 3.8) is 0 Å². The average Bonchev–Trinajstić information content (AvgIpc) is 2.88. The number of hydrogen-bond acceptors (Lipinski definition) is 7. The molecule has 3 N–H and O–H groups in total. The molecule has 182 valence electrons. The summed E-state index contributed by atoms with van der Waals surface area (Å²) in [5.74, 6) is -0.228. The topological polar surface area (TPSA) is 123 Å². The number of halogens is 1. The molecule has 0 amide bonds. The minimum atomic E-state index is -0.522. The third-order valence-electron chi connectivity index (χ3n) is 6.05. The Hall–Kier alpha value is -5.10. The van der Waals surface area contributed by atoms with Crippen LogP contribution in [0.15, 0.2) is 78.0 Å². The van der Waals surface area contributed by atoms with Crippen molar-refractivity contribution in [2.75, 3.05) is 11.1 Å². The number of nitrogens with zero attached hydrogens (tertiary/aromatic N) is 5. The van der Waals surface area contributed by atoms with Crippen molar-refractivity contribution < 1.29 is 4.39 Å². The Morgan fingerprint density at radius 2 is 1.92 bits per heavy atom. The van der Waals surface area contributed by atoms with Crippen LogP contribution in [-0.2, 0) is 0 Å². The van der Waals surface area contributed by atoms with E-state index in [0.29, 0.717) is 22.2 Å². The summed E-state index contributed by atoms with van der Waals surface area (Å²) in [6, 6.07) is 16.8. The van der Waals surface area contributed by atoms with Crippen molar-refractivity contribution in [3.8, 4) is 22.9 Å². The zero-order chi connectivity index (χ0) is 26.1. The lowest BCUT2D eigenvalue weighted by molar-refractivity contribution is 0.625. The largest absolute Gasteiger partial charge is 0.368 e. The molecule has 3 heterocycles. The lowest BCUT2D eigenvalue weighted by Crippen LogP contribution is -2.26. The summed E-state index contributed by atoms with van der Waals surface area (Å²) in [4.78, 5) is 26.5. The Labute approximate surface area is 211 Å². The average molecular weight is 492 g/mol. The number of nitrogens with two attached hydrogens (primary N) is 1. The van der Waals surface area contributed by atoms with Gasteiger partial charge in [0.05, 0.1) is 23.3 Å². The second-order valence-electron chi connectivity index (χ2n) is 8.68. The second kappa shape index (κ2) is 9.51. The van der Waals surface area contributed by atoms with Crippen LogP contribution >= 0.6 is 0 Å². The van der Waals surface area contributed by atoms with Gasteiger partial charge in [-0.15, -0.1) is 0 Å². The summed E-state index contributed by atoms with van der Waals surface area (Å²) in [5, 5.41) is 13.9.